The van der Waals surface area contributed by atoms with E-state index in [0.717, 1.165) is 4.47 Å². The van der Waals surface area contributed by atoms with Crippen molar-refractivity contribution in [2.45, 2.75) is 13.0 Å². The van der Waals surface area contributed by atoms with Gasteiger partial charge in [0.25, 0.3) is 0 Å². The van der Waals surface area contributed by atoms with Gasteiger partial charge in [-0.25, -0.2) is 0 Å². The first-order valence-corrected chi connectivity index (χ1v) is 5.26. The molecule has 0 aromatic heterocycles. The van der Waals surface area contributed by atoms with E-state index >= 15 is 0 Å². The number of benzene rings is 1. The maximum absolute atomic E-state index is 9.72. The number of aliphatic hydroxyl groups excluding tert-OH is 1. The molecule has 1 N–H and O–H groups in total. The van der Waals surface area contributed by atoms with Crippen molar-refractivity contribution in [3.63, 3.8) is 0 Å². The van der Waals surface area contributed by atoms with Crippen LogP contribution in [0.4, 0.5) is 0 Å². The zero-order valence-corrected chi connectivity index (χ0v) is 9.88. The highest BCUT2D eigenvalue weighted by Gasteiger charge is 2.16. The number of nitrogens with zero attached hydrogens (tertiary/aromatic N) is 1. The fraction of sp³-hybridized carbons (Fsp3) is 0.300. The van der Waals surface area contributed by atoms with Crippen LogP contribution in [0.5, 0.6) is 0 Å². The first kappa shape index (κ1) is 11.5. The van der Waals surface area contributed by atoms with Gasteiger partial charge in [-0.2, -0.15) is 5.26 Å². The Balaban J connectivity index is 2.98. The molecule has 1 aromatic carbocycles. The molecule has 0 bridgehead atoms. The first-order valence-electron chi connectivity index (χ1n) is 4.09. The zero-order valence-electron chi connectivity index (χ0n) is 7.54. The first-order chi connectivity index (χ1) is 6.56. The fourth-order valence-corrected chi connectivity index (χ4v) is 1.57. The van der Waals surface area contributed by atoms with E-state index in [1.165, 1.54) is 0 Å². The molecule has 0 aliphatic carbocycles. The van der Waals surface area contributed by atoms with E-state index in [-0.39, 0.29) is 0 Å². The summed E-state index contributed by atoms with van der Waals surface area (Å²) in [7, 11) is 0. The van der Waals surface area contributed by atoms with Gasteiger partial charge in [-0.15, -0.1) is 0 Å². The molecular formula is C10H9BrClNO. The summed E-state index contributed by atoms with van der Waals surface area (Å²) in [6.07, 6.45) is -0.770. The monoisotopic (exact) mass is 273 g/mol. The minimum Gasteiger partial charge on any atom is -0.387 e. The third-order valence-electron chi connectivity index (χ3n) is 1.96. The lowest BCUT2D eigenvalue weighted by atomic mass is 9.99. The van der Waals surface area contributed by atoms with Crippen LogP contribution >= 0.6 is 27.5 Å². The number of hydrogen-bond donors (Lipinski definition) is 1. The summed E-state index contributed by atoms with van der Waals surface area (Å²) in [5, 5.41) is 18.9. The summed E-state index contributed by atoms with van der Waals surface area (Å²) in [4.78, 5) is 0. The number of aliphatic hydroxyl groups is 1. The fourth-order valence-electron chi connectivity index (χ4n) is 1.06. The van der Waals surface area contributed by atoms with Crippen molar-refractivity contribution in [1.82, 2.24) is 0 Å². The summed E-state index contributed by atoms with van der Waals surface area (Å²) in [5.74, 6) is -0.428. The molecule has 2 unspecified atom stereocenters. The van der Waals surface area contributed by atoms with Gasteiger partial charge in [-0.3, -0.25) is 0 Å². The maximum Gasteiger partial charge on any atom is 0.0945 e. The van der Waals surface area contributed by atoms with E-state index in [0.29, 0.717) is 10.6 Å². The van der Waals surface area contributed by atoms with Crippen LogP contribution in [0.25, 0.3) is 0 Å². The molecule has 2 nitrogen and oxygen atoms in total. The highest BCUT2D eigenvalue weighted by atomic mass is 79.9. The number of hydrogen-bond acceptors (Lipinski definition) is 2. The Morgan fingerprint density at radius 2 is 2.21 bits per heavy atom. The highest BCUT2D eigenvalue weighted by Crippen LogP contribution is 2.28. The molecule has 0 amide bonds. The van der Waals surface area contributed by atoms with Crippen LogP contribution in [0.1, 0.15) is 18.6 Å². The smallest absolute Gasteiger partial charge is 0.0945 e. The molecule has 74 valence electrons. The van der Waals surface area contributed by atoms with Gasteiger partial charge in [-0.1, -0.05) is 17.7 Å². The predicted octanol–water partition coefficient (Wildman–Crippen LogP) is 3.30. The van der Waals surface area contributed by atoms with Crippen LogP contribution in [0, 0.1) is 17.2 Å². The second-order valence-corrected chi connectivity index (χ2v) is 4.30. The molecular weight excluding hydrogens is 265 g/mol. The Labute approximate surface area is 96.2 Å². The third-order valence-corrected chi connectivity index (χ3v) is 3.18. The normalized spacial score (nSPS) is 14.5. The highest BCUT2D eigenvalue weighted by molar-refractivity contribution is 9.10. The Morgan fingerprint density at radius 1 is 1.57 bits per heavy atom. The molecule has 0 saturated heterocycles. The molecule has 0 saturated carbocycles. The second-order valence-electron chi connectivity index (χ2n) is 3.04. The van der Waals surface area contributed by atoms with E-state index in [9.17, 15) is 5.11 Å². The van der Waals surface area contributed by atoms with Crippen LogP contribution < -0.4 is 0 Å². The maximum atomic E-state index is 9.72. The molecule has 2 atom stereocenters. The van der Waals surface area contributed by atoms with Gasteiger partial charge in [0, 0.05) is 4.47 Å². The summed E-state index contributed by atoms with van der Waals surface area (Å²) < 4.78 is 0.723. The predicted molar refractivity (Wildman–Crippen MR) is 58.9 cm³/mol. The Bertz CT molecular complexity index is 375. The van der Waals surface area contributed by atoms with Gasteiger partial charge in [0.05, 0.1) is 23.1 Å². The van der Waals surface area contributed by atoms with Crippen LogP contribution in [-0.2, 0) is 0 Å². The lowest BCUT2D eigenvalue weighted by Gasteiger charge is -2.13. The minimum atomic E-state index is -0.770. The molecule has 0 aliphatic rings. The van der Waals surface area contributed by atoms with Crippen LogP contribution in [0.15, 0.2) is 22.7 Å². The van der Waals surface area contributed by atoms with E-state index in [1.54, 1.807) is 25.1 Å². The molecule has 0 radical (unpaired) electrons. The van der Waals surface area contributed by atoms with Gasteiger partial charge in [0.15, 0.2) is 0 Å². The quantitative estimate of drug-likeness (QED) is 0.899. The average molecular weight is 275 g/mol. The van der Waals surface area contributed by atoms with Gasteiger partial charge in [-0.05, 0) is 40.5 Å². The van der Waals surface area contributed by atoms with Crippen molar-refractivity contribution in [1.29, 1.82) is 5.26 Å². The Kier molecular flexibility index (Phi) is 3.94. The molecule has 14 heavy (non-hydrogen) atoms. The summed E-state index contributed by atoms with van der Waals surface area (Å²) in [5.41, 5.74) is 0.690. The largest absolute Gasteiger partial charge is 0.387 e. The van der Waals surface area contributed by atoms with E-state index < -0.39 is 12.0 Å². The SMILES string of the molecule is CC(C#N)C(O)c1ccc(Cl)c(Br)c1. The van der Waals surface area contributed by atoms with Crippen molar-refractivity contribution in [3.05, 3.63) is 33.3 Å². The Hall–Kier alpha value is -0.560. The van der Waals surface area contributed by atoms with Crippen LogP contribution in [-0.4, -0.2) is 5.11 Å². The van der Waals surface area contributed by atoms with Crippen molar-refractivity contribution in [3.8, 4) is 6.07 Å². The Morgan fingerprint density at radius 3 is 2.71 bits per heavy atom. The number of nitriles is 1. The van der Waals surface area contributed by atoms with E-state index in [1.807, 2.05) is 6.07 Å². The van der Waals surface area contributed by atoms with Gasteiger partial charge in [0.2, 0.25) is 0 Å². The summed E-state index contributed by atoms with van der Waals surface area (Å²) in [6, 6.07) is 7.12. The molecule has 1 rings (SSSR count). The van der Waals surface area contributed by atoms with Crippen molar-refractivity contribution in [2.75, 3.05) is 0 Å². The zero-order chi connectivity index (χ0) is 10.7. The summed E-state index contributed by atoms with van der Waals surface area (Å²) in [6.45, 7) is 1.67. The topological polar surface area (TPSA) is 44.0 Å². The number of halogens is 2. The van der Waals surface area contributed by atoms with Crippen molar-refractivity contribution < 1.29 is 5.11 Å². The van der Waals surface area contributed by atoms with Gasteiger partial charge >= 0.3 is 0 Å². The van der Waals surface area contributed by atoms with Gasteiger partial charge < -0.3 is 5.11 Å². The summed E-state index contributed by atoms with van der Waals surface area (Å²) >= 11 is 9.06. The standard InChI is InChI=1S/C10H9BrClNO/c1-6(5-13)10(14)7-2-3-9(12)8(11)4-7/h2-4,6,10,14H,1H3. The molecule has 0 aliphatic heterocycles. The van der Waals surface area contributed by atoms with Crippen LogP contribution in [0.2, 0.25) is 5.02 Å². The van der Waals surface area contributed by atoms with Crippen molar-refractivity contribution in [2.24, 2.45) is 5.92 Å². The molecule has 0 fully saturated rings. The molecule has 0 spiro atoms. The number of rotatable bonds is 2. The van der Waals surface area contributed by atoms with Crippen LogP contribution in [0.3, 0.4) is 0 Å². The van der Waals surface area contributed by atoms with E-state index in [4.69, 9.17) is 16.9 Å². The molecule has 0 heterocycles. The van der Waals surface area contributed by atoms with Gasteiger partial charge in [0.1, 0.15) is 0 Å². The molecule has 1 aromatic rings. The minimum absolute atomic E-state index is 0.428. The third kappa shape index (κ3) is 2.48. The average Bonchev–Trinajstić information content (AvgIpc) is 2.20. The van der Waals surface area contributed by atoms with E-state index in [2.05, 4.69) is 15.9 Å². The lowest BCUT2D eigenvalue weighted by molar-refractivity contribution is 0.143. The second kappa shape index (κ2) is 4.79. The molecule has 4 heteroatoms. The van der Waals surface area contributed by atoms with Crippen molar-refractivity contribution >= 4 is 27.5 Å². The lowest BCUT2D eigenvalue weighted by Crippen LogP contribution is -2.06.